The quantitative estimate of drug-likeness (QED) is 0.818. The maximum Gasteiger partial charge on any atom is 0.0808 e. The summed E-state index contributed by atoms with van der Waals surface area (Å²) < 4.78 is 7.38. The zero-order chi connectivity index (χ0) is 14.4. The molecule has 1 aliphatic carbocycles. The lowest BCUT2D eigenvalue weighted by molar-refractivity contribution is -0.0817. The van der Waals surface area contributed by atoms with Crippen LogP contribution in [-0.4, -0.2) is 12.1 Å². The summed E-state index contributed by atoms with van der Waals surface area (Å²) in [4.78, 5) is 0. The minimum absolute atomic E-state index is 0.0977. The molecular formula is C17H26BrNO. The Labute approximate surface area is 131 Å². The smallest absolute Gasteiger partial charge is 0.0808 e. The molecule has 3 heteroatoms. The molecule has 0 aliphatic heterocycles. The number of hydrogen-bond acceptors (Lipinski definition) is 2. The highest BCUT2D eigenvalue weighted by Crippen LogP contribution is 2.37. The Morgan fingerprint density at radius 1 is 1.30 bits per heavy atom. The van der Waals surface area contributed by atoms with Crippen molar-refractivity contribution in [1.29, 1.82) is 0 Å². The van der Waals surface area contributed by atoms with Crippen LogP contribution in [0.5, 0.6) is 0 Å². The van der Waals surface area contributed by atoms with Gasteiger partial charge in [-0.15, -0.1) is 0 Å². The topological polar surface area (TPSA) is 35.2 Å². The third-order valence-corrected chi connectivity index (χ3v) is 5.35. The van der Waals surface area contributed by atoms with Crippen molar-refractivity contribution < 1.29 is 4.74 Å². The third kappa shape index (κ3) is 4.06. The molecule has 1 aliphatic rings. The Morgan fingerprint density at radius 3 is 2.60 bits per heavy atom. The second kappa shape index (κ2) is 7.58. The Hall–Kier alpha value is -0.380. The highest BCUT2D eigenvalue weighted by molar-refractivity contribution is 9.10. The SMILES string of the molecule is CCCC1CCC(CN)(OCc2ccccc2Br)CC1. The van der Waals surface area contributed by atoms with E-state index in [0.29, 0.717) is 13.2 Å². The average Bonchev–Trinajstić information content (AvgIpc) is 2.49. The van der Waals surface area contributed by atoms with Crippen LogP contribution in [0.25, 0.3) is 0 Å². The predicted octanol–water partition coefficient (Wildman–Crippen LogP) is 4.65. The van der Waals surface area contributed by atoms with E-state index in [1.165, 1.54) is 31.2 Å². The normalized spacial score (nSPS) is 26.6. The monoisotopic (exact) mass is 339 g/mol. The minimum Gasteiger partial charge on any atom is -0.369 e. The lowest BCUT2D eigenvalue weighted by Crippen LogP contribution is -2.43. The Balaban J connectivity index is 1.91. The first-order valence-corrected chi connectivity index (χ1v) is 8.56. The van der Waals surface area contributed by atoms with Gasteiger partial charge in [0.05, 0.1) is 12.2 Å². The summed E-state index contributed by atoms with van der Waals surface area (Å²) in [6.07, 6.45) is 7.39. The first-order valence-electron chi connectivity index (χ1n) is 7.76. The predicted molar refractivity (Wildman–Crippen MR) is 87.6 cm³/mol. The van der Waals surface area contributed by atoms with Crippen LogP contribution in [-0.2, 0) is 11.3 Å². The van der Waals surface area contributed by atoms with Crippen molar-refractivity contribution in [3.05, 3.63) is 34.3 Å². The molecule has 0 atom stereocenters. The molecule has 1 saturated carbocycles. The molecule has 20 heavy (non-hydrogen) atoms. The molecule has 0 spiro atoms. The molecule has 2 nitrogen and oxygen atoms in total. The Kier molecular flexibility index (Phi) is 6.06. The molecule has 1 fully saturated rings. The standard InChI is InChI=1S/C17H26BrNO/c1-2-5-14-8-10-17(13-19,11-9-14)20-12-15-6-3-4-7-16(15)18/h3-4,6-7,14H,2,5,8-13,19H2,1H3. The van der Waals surface area contributed by atoms with E-state index in [1.807, 2.05) is 6.07 Å². The minimum atomic E-state index is -0.0977. The van der Waals surface area contributed by atoms with Gasteiger partial charge in [0.1, 0.15) is 0 Å². The fourth-order valence-corrected chi connectivity index (χ4v) is 3.55. The Bertz CT molecular complexity index is 413. The third-order valence-electron chi connectivity index (χ3n) is 4.58. The molecule has 0 amide bonds. The van der Waals surface area contributed by atoms with Gasteiger partial charge in [0.25, 0.3) is 0 Å². The van der Waals surface area contributed by atoms with E-state index in [2.05, 4.69) is 41.1 Å². The zero-order valence-electron chi connectivity index (χ0n) is 12.4. The van der Waals surface area contributed by atoms with Crippen LogP contribution in [0.1, 0.15) is 51.0 Å². The highest BCUT2D eigenvalue weighted by atomic mass is 79.9. The number of benzene rings is 1. The van der Waals surface area contributed by atoms with Crippen molar-refractivity contribution in [2.45, 2.75) is 57.7 Å². The lowest BCUT2D eigenvalue weighted by atomic mass is 9.77. The Morgan fingerprint density at radius 2 is 2.00 bits per heavy atom. The van der Waals surface area contributed by atoms with Crippen molar-refractivity contribution in [3.63, 3.8) is 0 Å². The molecule has 0 saturated heterocycles. The summed E-state index contributed by atoms with van der Waals surface area (Å²) in [6, 6.07) is 8.25. The van der Waals surface area contributed by atoms with E-state index < -0.39 is 0 Å². The van der Waals surface area contributed by atoms with Crippen molar-refractivity contribution >= 4 is 15.9 Å². The maximum atomic E-state index is 6.26. The van der Waals surface area contributed by atoms with Crippen LogP contribution in [0, 0.1) is 5.92 Å². The van der Waals surface area contributed by atoms with Crippen molar-refractivity contribution in [2.24, 2.45) is 11.7 Å². The van der Waals surface area contributed by atoms with Gasteiger partial charge in [0.2, 0.25) is 0 Å². The molecule has 2 rings (SSSR count). The van der Waals surface area contributed by atoms with Gasteiger partial charge in [-0.25, -0.2) is 0 Å². The summed E-state index contributed by atoms with van der Waals surface area (Å²) in [5.74, 6) is 0.881. The van der Waals surface area contributed by atoms with Gasteiger partial charge >= 0.3 is 0 Å². The highest BCUT2D eigenvalue weighted by Gasteiger charge is 2.34. The van der Waals surface area contributed by atoms with Gasteiger partial charge in [0.15, 0.2) is 0 Å². The summed E-state index contributed by atoms with van der Waals surface area (Å²) in [5.41, 5.74) is 7.13. The van der Waals surface area contributed by atoms with Crippen LogP contribution in [0.15, 0.2) is 28.7 Å². The van der Waals surface area contributed by atoms with E-state index in [0.717, 1.165) is 23.2 Å². The number of halogens is 1. The largest absolute Gasteiger partial charge is 0.369 e. The van der Waals surface area contributed by atoms with E-state index >= 15 is 0 Å². The van der Waals surface area contributed by atoms with Crippen LogP contribution in [0.3, 0.4) is 0 Å². The summed E-state index contributed by atoms with van der Waals surface area (Å²) in [7, 11) is 0. The van der Waals surface area contributed by atoms with Gasteiger partial charge in [-0.05, 0) is 43.2 Å². The first kappa shape index (κ1) is 16.0. The number of hydrogen-bond donors (Lipinski definition) is 1. The van der Waals surface area contributed by atoms with Gasteiger partial charge < -0.3 is 10.5 Å². The molecule has 0 unspecified atom stereocenters. The second-order valence-corrected chi connectivity index (χ2v) is 6.85. The lowest BCUT2D eigenvalue weighted by Gasteiger charge is -2.39. The maximum absolute atomic E-state index is 6.26. The van der Waals surface area contributed by atoms with Crippen LogP contribution in [0.2, 0.25) is 0 Å². The molecule has 1 aromatic rings. The summed E-state index contributed by atoms with van der Waals surface area (Å²) in [5, 5.41) is 0. The summed E-state index contributed by atoms with van der Waals surface area (Å²) >= 11 is 3.58. The molecule has 1 aromatic carbocycles. The van der Waals surface area contributed by atoms with E-state index in [-0.39, 0.29) is 5.60 Å². The molecule has 112 valence electrons. The molecular weight excluding hydrogens is 314 g/mol. The number of rotatable bonds is 6. The van der Waals surface area contributed by atoms with Crippen molar-refractivity contribution in [1.82, 2.24) is 0 Å². The first-order chi connectivity index (χ1) is 9.69. The van der Waals surface area contributed by atoms with E-state index in [4.69, 9.17) is 10.5 Å². The van der Waals surface area contributed by atoms with Gasteiger partial charge in [0, 0.05) is 11.0 Å². The van der Waals surface area contributed by atoms with Crippen LogP contribution < -0.4 is 5.73 Å². The van der Waals surface area contributed by atoms with Crippen LogP contribution in [0.4, 0.5) is 0 Å². The van der Waals surface area contributed by atoms with E-state index in [1.54, 1.807) is 0 Å². The van der Waals surface area contributed by atoms with Gasteiger partial charge in [-0.1, -0.05) is 53.9 Å². The molecule has 0 heterocycles. The average molecular weight is 340 g/mol. The van der Waals surface area contributed by atoms with Crippen molar-refractivity contribution in [2.75, 3.05) is 6.54 Å². The molecule has 2 N–H and O–H groups in total. The van der Waals surface area contributed by atoms with Crippen LogP contribution >= 0.6 is 15.9 Å². The molecule has 0 radical (unpaired) electrons. The molecule has 0 bridgehead atoms. The van der Waals surface area contributed by atoms with Gasteiger partial charge in [-0.2, -0.15) is 0 Å². The summed E-state index contributed by atoms with van der Waals surface area (Å²) in [6.45, 7) is 3.56. The van der Waals surface area contributed by atoms with Crippen molar-refractivity contribution in [3.8, 4) is 0 Å². The van der Waals surface area contributed by atoms with Gasteiger partial charge in [-0.3, -0.25) is 0 Å². The van der Waals surface area contributed by atoms with E-state index in [9.17, 15) is 0 Å². The zero-order valence-corrected chi connectivity index (χ0v) is 14.0. The number of nitrogens with two attached hydrogens (primary N) is 1. The fraction of sp³-hybridized carbons (Fsp3) is 0.647. The fourth-order valence-electron chi connectivity index (χ4n) is 3.15. The number of ether oxygens (including phenoxy) is 1. The molecule has 0 aromatic heterocycles. The second-order valence-electron chi connectivity index (χ2n) is 6.00.